The van der Waals surface area contributed by atoms with E-state index >= 15 is 0 Å². The summed E-state index contributed by atoms with van der Waals surface area (Å²) >= 11 is 0. The molecule has 0 aliphatic rings. The van der Waals surface area contributed by atoms with Gasteiger partial charge in [-0.15, -0.1) is 0 Å². The number of benzene rings is 1. The van der Waals surface area contributed by atoms with Gasteiger partial charge in [0.25, 0.3) is 0 Å². The maximum Gasteiger partial charge on any atom is 0.134 e. The molecule has 0 saturated carbocycles. The van der Waals surface area contributed by atoms with E-state index in [9.17, 15) is 5.11 Å². The van der Waals surface area contributed by atoms with Crippen molar-refractivity contribution in [3.8, 4) is 0 Å². The minimum absolute atomic E-state index is 0.306. The predicted molar refractivity (Wildman–Crippen MR) is 74.5 cm³/mol. The highest BCUT2D eigenvalue weighted by Gasteiger charge is 2.22. The Hall–Kier alpha value is -1.28. The first-order chi connectivity index (χ1) is 8.76. The summed E-state index contributed by atoms with van der Waals surface area (Å²) < 4.78 is 5.75. The SMILES string of the molecule is CCCC(CCC)C(O)c1cc2ccccc2o1. The number of fused-ring (bicyclic) bond motifs is 1. The summed E-state index contributed by atoms with van der Waals surface area (Å²) in [5.41, 5.74) is 0.860. The predicted octanol–water partition coefficient (Wildman–Crippen LogP) is 4.68. The van der Waals surface area contributed by atoms with Crippen molar-refractivity contribution < 1.29 is 9.52 Å². The summed E-state index contributed by atoms with van der Waals surface area (Å²) in [6.45, 7) is 4.32. The van der Waals surface area contributed by atoms with Crippen molar-refractivity contribution in [3.05, 3.63) is 36.1 Å². The fourth-order valence-electron chi connectivity index (χ4n) is 2.58. The molecule has 2 heteroatoms. The summed E-state index contributed by atoms with van der Waals surface area (Å²) in [5.74, 6) is 1.02. The summed E-state index contributed by atoms with van der Waals surface area (Å²) in [6.07, 6.45) is 3.82. The van der Waals surface area contributed by atoms with Crippen molar-refractivity contribution >= 4 is 11.0 Å². The first-order valence-corrected chi connectivity index (χ1v) is 6.92. The van der Waals surface area contributed by atoms with Crippen molar-refractivity contribution in [2.75, 3.05) is 0 Å². The Bertz CT molecular complexity index is 448. The van der Waals surface area contributed by atoms with Crippen LogP contribution < -0.4 is 0 Å². The highest BCUT2D eigenvalue weighted by Crippen LogP contribution is 2.32. The second-order valence-electron chi connectivity index (χ2n) is 4.97. The summed E-state index contributed by atoms with van der Waals surface area (Å²) in [6, 6.07) is 9.88. The van der Waals surface area contributed by atoms with Crippen molar-refractivity contribution in [1.29, 1.82) is 0 Å². The molecule has 2 rings (SSSR count). The van der Waals surface area contributed by atoms with Crippen molar-refractivity contribution in [2.24, 2.45) is 5.92 Å². The van der Waals surface area contributed by atoms with Crippen LogP contribution in [0.1, 0.15) is 51.4 Å². The van der Waals surface area contributed by atoms with E-state index < -0.39 is 6.10 Å². The fraction of sp³-hybridized carbons (Fsp3) is 0.500. The molecule has 1 heterocycles. The minimum atomic E-state index is -0.475. The number of aliphatic hydroxyl groups is 1. The molecule has 2 aromatic rings. The maximum absolute atomic E-state index is 10.4. The van der Waals surface area contributed by atoms with Gasteiger partial charge in [0.2, 0.25) is 0 Å². The van der Waals surface area contributed by atoms with Gasteiger partial charge in [-0.05, 0) is 30.9 Å². The lowest BCUT2D eigenvalue weighted by atomic mass is 9.91. The molecule has 98 valence electrons. The molecule has 1 unspecified atom stereocenters. The van der Waals surface area contributed by atoms with Gasteiger partial charge in [0, 0.05) is 5.39 Å². The Morgan fingerprint density at radius 3 is 2.39 bits per heavy atom. The zero-order chi connectivity index (χ0) is 13.0. The van der Waals surface area contributed by atoms with Gasteiger partial charge >= 0.3 is 0 Å². The lowest BCUT2D eigenvalue weighted by Crippen LogP contribution is -2.11. The summed E-state index contributed by atoms with van der Waals surface area (Å²) in [4.78, 5) is 0. The monoisotopic (exact) mass is 246 g/mol. The molecule has 0 aliphatic heterocycles. The smallest absolute Gasteiger partial charge is 0.134 e. The van der Waals surface area contributed by atoms with Gasteiger partial charge in [0.1, 0.15) is 17.4 Å². The molecule has 18 heavy (non-hydrogen) atoms. The van der Waals surface area contributed by atoms with E-state index in [1.807, 2.05) is 30.3 Å². The average Bonchev–Trinajstić information content (AvgIpc) is 2.81. The van der Waals surface area contributed by atoms with Gasteiger partial charge < -0.3 is 9.52 Å². The molecule has 0 bridgehead atoms. The Labute approximate surface area is 109 Å². The second-order valence-corrected chi connectivity index (χ2v) is 4.97. The van der Waals surface area contributed by atoms with E-state index in [0.29, 0.717) is 11.7 Å². The first kappa shape index (κ1) is 13.2. The lowest BCUT2D eigenvalue weighted by Gasteiger charge is -2.20. The Morgan fingerprint density at radius 2 is 1.78 bits per heavy atom. The summed E-state index contributed by atoms with van der Waals surface area (Å²) in [5, 5.41) is 11.5. The summed E-state index contributed by atoms with van der Waals surface area (Å²) in [7, 11) is 0. The Balaban J connectivity index is 2.22. The van der Waals surface area contributed by atoms with Crippen LogP contribution in [0.3, 0.4) is 0 Å². The molecule has 0 spiro atoms. The third kappa shape index (κ3) is 2.75. The molecule has 0 fully saturated rings. The highest BCUT2D eigenvalue weighted by molar-refractivity contribution is 5.77. The molecule has 1 aromatic carbocycles. The topological polar surface area (TPSA) is 33.4 Å². The molecule has 0 aliphatic carbocycles. The molecule has 1 atom stereocenters. The molecule has 0 saturated heterocycles. The third-order valence-corrected chi connectivity index (χ3v) is 3.50. The largest absolute Gasteiger partial charge is 0.458 e. The molecule has 1 aromatic heterocycles. The van der Waals surface area contributed by atoms with Crippen LogP contribution in [0.15, 0.2) is 34.7 Å². The molecule has 2 nitrogen and oxygen atoms in total. The van der Waals surface area contributed by atoms with E-state index in [-0.39, 0.29) is 0 Å². The second kappa shape index (κ2) is 6.05. The Morgan fingerprint density at radius 1 is 1.11 bits per heavy atom. The van der Waals surface area contributed by atoms with Crippen LogP contribution in [-0.4, -0.2) is 5.11 Å². The van der Waals surface area contributed by atoms with E-state index in [4.69, 9.17) is 4.42 Å². The van der Waals surface area contributed by atoms with Crippen LogP contribution >= 0.6 is 0 Å². The number of hydrogen-bond donors (Lipinski definition) is 1. The maximum atomic E-state index is 10.4. The molecule has 1 N–H and O–H groups in total. The van der Waals surface area contributed by atoms with Gasteiger partial charge in [0.15, 0.2) is 0 Å². The van der Waals surface area contributed by atoms with E-state index in [1.165, 1.54) is 0 Å². The van der Waals surface area contributed by atoms with Crippen LogP contribution in [0, 0.1) is 5.92 Å². The van der Waals surface area contributed by atoms with E-state index in [0.717, 1.165) is 36.7 Å². The van der Waals surface area contributed by atoms with Gasteiger partial charge in [0.05, 0.1) is 0 Å². The number of furan rings is 1. The first-order valence-electron chi connectivity index (χ1n) is 6.92. The number of hydrogen-bond acceptors (Lipinski definition) is 2. The lowest BCUT2D eigenvalue weighted by molar-refractivity contribution is 0.0770. The van der Waals surface area contributed by atoms with Crippen molar-refractivity contribution in [3.63, 3.8) is 0 Å². The molecular formula is C16H22O2. The fourth-order valence-corrected chi connectivity index (χ4v) is 2.58. The minimum Gasteiger partial charge on any atom is -0.458 e. The number of aliphatic hydroxyl groups excluding tert-OH is 1. The van der Waals surface area contributed by atoms with Crippen LogP contribution in [0.4, 0.5) is 0 Å². The van der Waals surface area contributed by atoms with Gasteiger partial charge in [-0.2, -0.15) is 0 Å². The number of para-hydroxylation sites is 1. The normalized spacial score (nSPS) is 13.3. The quantitative estimate of drug-likeness (QED) is 0.802. The standard InChI is InChI=1S/C16H22O2/c1-3-7-12(8-4-2)16(17)15-11-13-9-5-6-10-14(13)18-15/h5-6,9-12,16-17H,3-4,7-8H2,1-2H3. The van der Waals surface area contributed by atoms with Gasteiger partial charge in [-0.25, -0.2) is 0 Å². The van der Waals surface area contributed by atoms with Crippen LogP contribution in [0.5, 0.6) is 0 Å². The van der Waals surface area contributed by atoms with Crippen molar-refractivity contribution in [2.45, 2.75) is 45.6 Å². The van der Waals surface area contributed by atoms with E-state index in [2.05, 4.69) is 13.8 Å². The molecule has 0 amide bonds. The zero-order valence-corrected chi connectivity index (χ0v) is 11.2. The van der Waals surface area contributed by atoms with Gasteiger partial charge in [-0.3, -0.25) is 0 Å². The zero-order valence-electron chi connectivity index (χ0n) is 11.2. The van der Waals surface area contributed by atoms with Crippen molar-refractivity contribution in [1.82, 2.24) is 0 Å². The Kier molecular flexibility index (Phi) is 4.43. The number of rotatable bonds is 6. The average molecular weight is 246 g/mol. The van der Waals surface area contributed by atoms with Crippen LogP contribution in [0.2, 0.25) is 0 Å². The van der Waals surface area contributed by atoms with Crippen LogP contribution in [0.25, 0.3) is 11.0 Å². The third-order valence-electron chi connectivity index (χ3n) is 3.50. The molecular weight excluding hydrogens is 224 g/mol. The van der Waals surface area contributed by atoms with Crippen LogP contribution in [-0.2, 0) is 0 Å². The highest BCUT2D eigenvalue weighted by atomic mass is 16.4. The molecule has 0 radical (unpaired) electrons. The van der Waals surface area contributed by atoms with E-state index in [1.54, 1.807) is 0 Å². The van der Waals surface area contributed by atoms with Gasteiger partial charge in [-0.1, -0.05) is 44.9 Å².